The van der Waals surface area contributed by atoms with Crippen molar-refractivity contribution in [2.24, 2.45) is 0 Å². The summed E-state index contributed by atoms with van der Waals surface area (Å²) in [5, 5.41) is 14.2. The van der Waals surface area contributed by atoms with E-state index < -0.39 is 0 Å². The predicted octanol–water partition coefficient (Wildman–Crippen LogP) is 5.22. The van der Waals surface area contributed by atoms with Crippen molar-refractivity contribution in [2.45, 2.75) is 103 Å². The van der Waals surface area contributed by atoms with E-state index in [9.17, 15) is 4.79 Å². The lowest BCUT2D eigenvalue weighted by atomic mass is 10.0. The number of aromatic nitrogens is 5. The van der Waals surface area contributed by atoms with Gasteiger partial charge in [-0.25, -0.2) is 4.68 Å². The van der Waals surface area contributed by atoms with Gasteiger partial charge in [0.2, 0.25) is 0 Å². The molecular weight excluding hydrogens is 412 g/mol. The number of aromatic amines is 1. The molecule has 33 heavy (non-hydrogen) atoms. The van der Waals surface area contributed by atoms with Gasteiger partial charge in [0.25, 0.3) is 5.56 Å². The van der Waals surface area contributed by atoms with Crippen LogP contribution in [0.25, 0.3) is 10.9 Å². The predicted molar refractivity (Wildman–Crippen MR) is 130 cm³/mol. The molecule has 2 aliphatic carbocycles. The van der Waals surface area contributed by atoms with Gasteiger partial charge in [-0.15, -0.1) is 5.10 Å². The molecule has 0 saturated heterocycles. The molecule has 176 valence electrons. The molecule has 2 fully saturated rings. The molecule has 2 aliphatic rings. The fraction of sp³-hybridized carbons (Fsp3) is 0.615. The first kappa shape index (κ1) is 22.3. The zero-order valence-corrected chi connectivity index (χ0v) is 20.0. The second-order valence-electron chi connectivity index (χ2n) is 10.0. The monoisotopic (exact) mass is 448 g/mol. The number of nitrogens with zero attached hydrogens (tertiary/aromatic N) is 5. The van der Waals surface area contributed by atoms with E-state index in [1.54, 1.807) is 0 Å². The van der Waals surface area contributed by atoms with Gasteiger partial charge in [-0.3, -0.25) is 9.69 Å². The van der Waals surface area contributed by atoms with Crippen molar-refractivity contribution >= 4 is 10.9 Å². The van der Waals surface area contributed by atoms with E-state index in [4.69, 9.17) is 0 Å². The standard InChI is InChI=1S/C26H36N6O/c1-3-8-24(25-28-29-30-32(25)22-11-6-7-12-22)31(21-9-4-5-10-21)17-20-16-19-15-18(2)13-14-23(19)27-26(20)33/h13-16,21-22,24H,3-12,17H2,1-2H3,(H,27,33). The number of benzene rings is 1. The molecule has 2 heterocycles. The largest absolute Gasteiger partial charge is 0.322 e. The molecule has 0 radical (unpaired) electrons. The first-order valence-corrected chi connectivity index (χ1v) is 12.8. The third-order valence-electron chi connectivity index (χ3n) is 7.67. The van der Waals surface area contributed by atoms with Crippen LogP contribution in [0.2, 0.25) is 0 Å². The molecule has 1 N–H and O–H groups in total. The van der Waals surface area contributed by atoms with Crippen LogP contribution < -0.4 is 5.56 Å². The van der Waals surface area contributed by atoms with E-state index in [-0.39, 0.29) is 11.6 Å². The maximum absolute atomic E-state index is 13.1. The smallest absolute Gasteiger partial charge is 0.252 e. The van der Waals surface area contributed by atoms with Gasteiger partial charge >= 0.3 is 0 Å². The van der Waals surface area contributed by atoms with Crippen LogP contribution in [0, 0.1) is 6.92 Å². The minimum Gasteiger partial charge on any atom is -0.322 e. The summed E-state index contributed by atoms with van der Waals surface area (Å²) >= 11 is 0. The second kappa shape index (κ2) is 9.75. The zero-order chi connectivity index (χ0) is 22.8. The third-order valence-corrected chi connectivity index (χ3v) is 7.67. The summed E-state index contributed by atoms with van der Waals surface area (Å²) in [7, 11) is 0. The summed E-state index contributed by atoms with van der Waals surface area (Å²) in [6.45, 7) is 4.95. The molecule has 2 saturated carbocycles. The molecule has 0 spiro atoms. The van der Waals surface area contributed by atoms with E-state index in [0.717, 1.165) is 48.0 Å². The highest BCUT2D eigenvalue weighted by molar-refractivity contribution is 5.79. The summed E-state index contributed by atoms with van der Waals surface area (Å²) in [5.74, 6) is 0.990. The van der Waals surface area contributed by atoms with Crippen LogP contribution >= 0.6 is 0 Å². The first-order chi connectivity index (χ1) is 16.1. The lowest BCUT2D eigenvalue weighted by Crippen LogP contribution is -2.39. The molecular formula is C26H36N6O. The van der Waals surface area contributed by atoms with E-state index in [1.807, 2.05) is 12.1 Å². The molecule has 0 bridgehead atoms. The normalized spacial score (nSPS) is 18.6. The zero-order valence-electron chi connectivity index (χ0n) is 20.0. The molecule has 7 heteroatoms. The number of hydrogen-bond donors (Lipinski definition) is 1. The average molecular weight is 449 g/mol. The van der Waals surface area contributed by atoms with Crippen molar-refractivity contribution in [3.63, 3.8) is 0 Å². The summed E-state index contributed by atoms with van der Waals surface area (Å²) in [6, 6.07) is 9.28. The van der Waals surface area contributed by atoms with Crippen molar-refractivity contribution in [1.29, 1.82) is 0 Å². The van der Waals surface area contributed by atoms with E-state index >= 15 is 0 Å². The summed E-state index contributed by atoms with van der Waals surface area (Å²) in [4.78, 5) is 18.8. The van der Waals surface area contributed by atoms with Crippen LogP contribution in [0.5, 0.6) is 0 Å². The fourth-order valence-electron chi connectivity index (χ4n) is 5.96. The molecule has 1 atom stereocenters. The molecule has 1 unspecified atom stereocenters. The van der Waals surface area contributed by atoms with Crippen LogP contribution in [-0.4, -0.2) is 36.1 Å². The number of aryl methyl sites for hydroxylation is 1. The van der Waals surface area contributed by atoms with Crippen molar-refractivity contribution in [1.82, 2.24) is 30.1 Å². The Labute approximate surface area is 195 Å². The Hall–Kier alpha value is -2.54. The first-order valence-electron chi connectivity index (χ1n) is 12.8. The SMILES string of the molecule is CCCC(c1nnnn1C1CCCC1)N(Cc1cc2cc(C)ccc2[nH]c1=O)C1CCCC1. The topological polar surface area (TPSA) is 79.7 Å². The minimum absolute atomic E-state index is 0.0139. The van der Waals surface area contributed by atoms with Crippen LogP contribution in [0.1, 0.15) is 100 Å². The van der Waals surface area contributed by atoms with Crippen molar-refractivity contribution < 1.29 is 0 Å². The Balaban J connectivity index is 1.53. The Kier molecular flexibility index (Phi) is 6.58. The second-order valence-corrected chi connectivity index (χ2v) is 10.0. The van der Waals surface area contributed by atoms with Gasteiger partial charge in [-0.05, 0) is 73.0 Å². The molecule has 0 aliphatic heterocycles. The van der Waals surface area contributed by atoms with Crippen LogP contribution in [-0.2, 0) is 6.54 Å². The lowest BCUT2D eigenvalue weighted by Gasteiger charge is -2.36. The number of rotatable bonds is 8. The number of pyridine rings is 1. The average Bonchev–Trinajstić information content (AvgIpc) is 3.58. The Morgan fingerprint density at radius 2 is 1.88 bits per heavy atom. The number of tetrazole rings is 1. The summed E-state index contributed by atoms with van der Waals surface area (Å²) < 4.78 is 2.11. The highest BCUT2D eigenvalue weighted by Gasteiger charge is 2.34. The van der Waals surface area contributed by atoms with Gasteiger partial charge in [0.05, 0.1) is 12.1 Å². The number of H-pyrrole nitrogens is 1. The number of nitrogens with one attached hydrogen (secondary N) is 1. The highest BCUT2D eigenvalue weighted by atomic mass is 16.1. The van der Waals surface area contributed by atoms with Gasteiger partial charge < -0.3 is 4.98 Å². The van der Waals surface area contributed by atoms with Crippen LogP contribution in [0.4, 0.5) is 0 Å². The van der Waals surface area contributed by atoms with Gasteiger partial charge in [0.15, 0.2) is 5.82 Å². The van der Waals surface area contributed by atoms with Crippen molar-refractivity contribution in [3.05, 3.63) is 51.6 Å². The Morgan fingerprint density at radius 3 is 2.64 bits per heavy atom. The lowest BCUT2D eigenvalue weighted by molar-refractivity contribution is 0.106. The highest BCUT2D eigenvalue weighted by Crippen LogP contribution is 2.37. The maximum atomic E-state index is 13.1. The van der Waals surface area contributed by atoms with Gasteiger partial charge in [-0.2, -0.15) is 0 Å². The van der Waals surface area contributed by atoms with E-state index in [1.165, 1.54) is 44.1 Å². The molecule has 7 nitrogen and oxygen atoms in total. The Morgan fingerprint density at radius 1 is 1.12 bits per heavy atom. The van der Waals surface area contributed by atoms with Crippen LogP contribution in [0.3, 0.4) is 0 Å². The quantitative estimate of drug-likeness (QED) is 0.511. The summed E-state index contributed by atoms with van der Waals surface area (Å²) in [6.07, 6.45) is 11.7. The maximum Gasteiger partial charge on any atom is 0.252 e. The third kappa shape index (κ3) is 4.60. The summed E-state index contributed by atoms with van der Waals surface area (Å²) in [5.41, 5.74) is 2.95. The molecule has 0 amide bonds. The van der Waals surface area contributed by atoms with Gasteiger partial charge in [0, 0.05) is 23.7 Å². The van der Waals surface area contributed by atoms with Crippen molar-refractivity contribution in [3.8, 4) is 0 Å². The molecule has 5 rings (SSSR count). The number of hydrogen-bond acceptors (Lipinski definition) is 5. The van der Waals surface area contributed by atoms with Gasteiger partial charge in [0.1, 0.15) is 0 Å². The van der Waals surface area contributed by atoms with Crippen LogP contribution in [0.15, 0.2) is 29.1 Å². The van der Waals surface area contributed by atoms with Crippen molar-refractivity contribution in [2.75, 3.05) is 0 Å². The minimum atomic E-state index is 0.0139. The molecule has 3 aromatic rings. The molecule has 2 aromatic heterocycles. The molecule has 1 aromatic carbocycles. The van der Waals surface area contributed by atoms with E-state index in [2.05, 4.69) is 56.1 Å². The number of fused-ring (bicyclic) bond motifs is 1. The van der Waals surface area contributed by atoms with E-state index in [0.29, 0.717) is 18.6 Å². The van der Waals surface area contributed by atoms with Gasteiger partial charge in [-0.1, -0.05) is 50.7 Å². The Bertz CT molecular complexity index is 1140. The fourth-order valence-corrected chi connectivity index (χ4v) is 5.96.